The monoisotopic (exact) mass is 162 g/mol. The largest absolute Gasteiger partial charge is 0.372 e. The lowest BCUT2D eigenvalue weighted by molar-refractivity contribution is 0.130. The topological polar surface area (TPSA) is 18.5 Å². The molecule has 0 unspecified atom stereocenters. The molecule has 3 rings (SSSR count). The van der Waals surface area contributed by atoms with E-state index < -0.39 is 0 Å². The molecule has 0 fully saturated rings. The third-order valence-electron chi connectivity index (χ3n) is 2.55. The zero-order valence-corrected chi connectivity index (χ0v) is 6.80. The zero-order valence-electron chi connectivity index (χ0n) is 6.80. The lowest BCUT2D eigenvalue weighted by Gasteiger charge is -2.00. The minimum absolute atomic E-state index is 0.780. The van der Waals surface area contributed by atoms with E-state index in [-0.39, 0.29) is 0 Å². The average molecular weight is 162 g/mol. The van der Waals surface area contributed by atoms with Crippen LogP contribution in [-0.4, -0.2) is 0 Å². The van der Waals surface area contributed by atoms with Crippen LogP contribution in [0.5, 0.6) is 0 Å². The summed E-state index contributed by atoms with van der Waals surface area (Å²) in [5, 5.41) is 0. The van der Waals surface area contributed by atoms with E-state index in [1.165, 1.54) is 22.3 Å². The Kier molecular flexibility index (Phi) is 1.28. The fraction of sp³-hybridized carbons (Fsp3) is 0.400. The van der Waals surface area contributed by atoms with Crippen molar-refractivity contribution in [1.29, 1.82) is 0 Å². The number of fused-ring (bicyclic) bond motifs is 2. The lowest BCUT2D eigenvalue weighted by atomic mass is 10.0. The van der Waals surface area contributed by atoms with Crippen molar-refractivity contribution >= 4 is 0 Å². The molecule has 2 aliphatic rings. The van der Waals surface area contributed by atoms with Crippen molar-refractivity contribution in [3.63, 3.8) is 0 Å². The molecular formula is C10H10O2. The van der Waals surface area contributed by atoms with Crippen molar-refractivity contribution in [2.75, 3.05) is 0 Å². The molecule has 0 spiro atoms. The molecule has 62 valence electrons. The Morgan fingerprint density at radius 2 is 1.00 bits per heavy atom. The van der Waals surface area contributed by atoms with Crippen molar-refractivity contribution in [3.8, 4) is 0 Å². The summed E-state index contributed by atoms with van der Waals surface area (Å²) >= 11 is 0. The molecule has 1 aromatic carbocycles. The van der Waals surface area contributed by atoms with Crippen LogP contribution in [0.2, 0.25) is 0 Å². The highest BCUT2D eigenvalue weighted by atomic mass is 16.5. The number of ether oxygens (including phenoxy) is 2. The molecular weight excluding hydrogens is 152 g/mol. The molecule has 1 aromatic rings. The van der Waals surface area contributed by atoms with Gasteiger partial charge in [0, 0.05) is 0 Å². The van der Waals surface area contributed by atoms with Crippen molar-refractivity contribution in [3.05, 3.63) is 34.4 Å². The van der Waals surface area contributed by atoms with Crippen LogP contribution in [0.4, 0.5) is 0 Å². The SMILES string of the molecule is c1c2c(cc3c1COC3)COC2. The summed E-state index contributed by atoms with van der Waals surface area (Å²) in [5.41, 5.74) is 5.39. The van der Waals surface area contributed by atoms with Gasteiger partial charge >= 0.3 is 0 Å². The summed E-state index contributed by atoms with van der Waals surface area (Å²) in [5.74, 6) is 0. The Bertz CT molecular complexity index is 271. The number of benzene rings is 1. The van der Waals surface area contributed by atoms with Crippen LogP contribution in [0, 0.1) is 0 Å². The predicted octanol–water partition coefficient (Wildman–Crippen LogP) is 1.75. The first-order valence-corrected chi connectivity index (χ1v) is 4.22. The first-order valence-electron chi connectivity index (χ1n) is 4.22. The molecule has 0 aliphatic carbocycles. The Morgan fingerprint density at radius 3 is 1.33 bits per heavy atom. The van der Waals surface area contributed by atoms with Crippen LogP contribution in [0.1, 0.15) is 22.3 Å². The standard InChI is InChI=1S/C10H10O2/c1-7-3-11-5-9(7)2-10-6-12-4-8(1)10/h1-2H,3-6H2. The van der Waals surface area contributed by atoms with Crippen LogP contribution in [-0.2, 0) is 35.9 Å². The van der Waals surface area contributed by atoms with E-state index in [0.29, 0.717) is 0 Å². The second kappa shape index (κ2) is 2.31. The molecule has 0 N–H and O–H groups in total. The second-order valence-electron chi connectivity index (χ2n) is 3.38. The Morgan fingerprint density at radius 1 is 0.667 bits per heavy atom. The average Bonchev–Trinajstić information content (AvgIpc) is 2.64. The highest BCUT2D eigenvalue weighted by Crippen LogP contribution is 2.28. The Balaban J connectivity index is 2.18. The second-order valence-corrected chi connectivity index (χ2v) is 3.38. The van der Waals surface area contributed by atoms with E-state index in [1.807, 2.05) is 0 Å². The zero-order chi connectivity index (χ0) is 7.97. The van der Waals surface area contributed by atoms with Gasteiger partial charge in [0.05, 0.1) is 26.4 Å². The minimum Gasteiger partial charge on any atom is -0.372 e. The van der Waals surface area contributed by atoms with Crippen molar-refractivity contribution in [2.24, 2.45) is 0 Å². The van der Waals surface area contributed by atoms with Crippen LogP contribution >= 0.6 is 0 Å². The number of hydrogen-bond donors (Lipinski definition) is 0. The summed E-state index contributed by atoms with van der Waals surface area (Å²) < 4.78 is 10.7. The van der Waals surface area contributed by atoms with Gasteiger partial charge in [-0.1, -0.05) is 12.1 Å². The van der Waals surface area contributed by atoms with E-state index in [1.54, 1.807) is 0 Å². The highest BCUT2D eigenvalue weighted by molar-refractivity contribution is 5.40. The first-order chi connectivity index (χ1) is 5.93. The highest BCUT2D eigenvalue weighted by Gasteiger charge is 2.17. The van der Waals surface area contributed by atoms with Gasteiger partial charge in [-0.3, -0.25) is 0 Å². The smallest absolute Gasteiger partial charge is 0.0725 e. The van der Waals surface area contributed by atoms with Gasteiger partial charge in [-0.15, -0.1) is 0 Å². The fourth-order valence-electron chi connectivity index (χ4n) is 1.87. The van der Waals surface area contributed by atoms with Gasteiger partial charge in [-0.2, -0.15) is 0 Å². The number of hydrogen-bond acceptors (Lipinski definition) is 2. The molecule has 0 bridgehead atoms. The van der Waals surface area contributed by atoms with E-state index in [0.717, 1.165) is 26.4 Å². The van der Waals surface area contributed by atoms with E-state index >= 15 is 0 Å². The maximum absolute atomic E-state index is 5.35. The van der Waals surface area contributed by atoms with Gasteiger partial charge in [0.1, 0.15) is 0 Å². The first kappa shape index (κ1) is 6.63. The minimum atomic E-state index is 0.780. The quantitative estimate of drug-likeness (QED) is 0.578. The van der Waals surface area contributed by atoms with Gasteiger partial charge < -0.3 is 9.47 Å². The van der Waals surface area contributed by atoms with Gasteiger partial charge in [-0.05, 0) is 22.3 Å². The Hall–Kier alpha value is -0.860. The molecule has 12 heavy (non-hydrogen) atoms. The molecule has 0 saturated heterocycles. The maximum atomic E-state index is 5.35. The number of rotatable bonds is 0. The van der Waals surface area contributed by atoms with E-state index in [2.05, 4.69) is 12.1 Å². The molecule has 2 heteroatoms. The van der Waals surface area contributed by atoms with Crippen LogP contribution in [0.25, 0.3) is 0 Å². The van der Waals surface area contributed by atoms with Gasteiger partial charge in [0.25, 0.3) is 0 Å². The molecule has 0 radical (unpaired) electrons. The lowest BCUT2D eigenvalue weighted by Crippen LogP contribution is -1.88. The normalized spacial score (nSPS) is 19.3. The molecule has 0 amide bonds. The van der Waals surface area contributed by atoms with Crippen LogP contribution < -0.4 is 0 Å². The molecule has 2 nitrogen and oxygen atoms in total. The summed E-state index contributed by atoms with van der Waals surface area (Å²) in [4.78, 5) is 0. The third kappa shape index (κ3) is 0.822. The van der Waals surface area contributed by atoms with E-state index in [4.69, 9.17) is 9.47 Å². The van der Waals surface area contributed by atoms with Crippen molar-refractivity contribution in [1.82, 2.24) is 0 Å². The molecule has 2 aliphatic heterocycles. The van der Waals surface area contributed by atoms with Crippen LogP contribution in [0.3, 0.4) is 0 Å². The van der Waals surface area contributed by atoms with Crippen LogP contribution in [0.15, 0.2) is 12.1 Å². The Labute approximate surface area is 71.1 Å². The summed E-state index contributed by atoms with van der Waals surface area (Å²) in [6, 6.07) is 4.45. The van der Waals surface area contributed by atoms with Gasteiger partial charge in [0.15, 0.2) is 0 Å². The van der Waals surface area contributed by atoms with Crippen molar-refractivity contribution in [2.45, 2.75) is 26.4 Å². The molecule has 2 heterocycles. The fourth-order valence-corrected chi connectivity index (χ4v) is 1.87. The van der Waals surface area contributed by atoms with Gasteiger partial charge in [-0.25, -0.2) is 0 Å². The molecule has 0 atom stereocenters. The van der Waals surface area contributed by atoms with Gasteiger partial charge in [0.2, 0.25) is 0 Å². The molecule has 0 aromatic heterocycles. The summed E-state index contributed by atoms with van der Waals surface area (Å²) in [6.07, 6.45) is 0. The summed E-state index contributed by atoms with van der Waals surface area (Å²) in [7, 11) is 0. The van der Waals surface area contributed by atoms with Crippen molar-refractivity contribution < 1.29 is 9.47 Å². The maximum Gasteiger partial charge on any atom is 0.0725 e. The third-order valence-corrected chi connectivity index (χ3v) is 2.55. The van der Waals surface area contributed by atoms with E-state index in [9.17, 15) is 0 Å². The predicted molar refractivity (Wildman–Crippen MR) is 43.4 cm³/mol. The summed E-state index contributed by atoms with van der Waals surface area (Å²) in [6.45, 7) is 3.12. The molecule has 0 saturated carbocycles.